The fourth-order valence-electron chi connectivity index (χ4n) is 4.18. The maximum atomic E-state index is 13.3. The molecule has 1 heterocycles. The number of rotatable bonds is 6. The predicted molar refractivity (Wildman–Crippen MR) is 119 cm³/mol. The molecule has 6 nitrogen and oxygen atoms in total. The van der Waals surface area contributed by atoms with Crippen LogP contribution in [-0.4, -0.2) is 41.2 Å². The molecule has 1 fully saturated rings. The smallest absolute Gasteiger partial charge is 0.325 e. The standard InChI is InChI=1S/C25H26N2O4/c1-16-8-6-9-17(2)22(16)31-15-19(28)14-27-23(29)25(3,26-24(27)30)21-13-7-11-18-10-4-5-12-20(18)21/h4-13,19,28H,14-15H2,1-3H3,(H,26,30)/t19-,25-/m0/s1. The van der Waals surface area contributed by atoms with Crippen LogP contribution in [0.1, 0.15) is 23.6 Å². The number of β-amino-alcohol motifs (C(OH)–C–C–N with tert-alkyl or cyclic N) is 1. The molecule has 0 aromatic heterocycles. The summed E-state index contributed by atoms with van der Waals surface area (Å²) in [5.41, 5.74) is 1.45. The van der Waals surface area contributed by atoms with Gasteiger partial charge in [0, 0.05) is 0 Å². The van der Waals surface area contributed by atoms with E-state index in [4.69, 9.17) is 4.74 Å². The molecule has 2 N–H and O–H groups in total. The van der Waals surface area contributed by atoms with Crippen LogP contribution in [0.4, 0.5) is 4.79 Å². The summed E-state index contributed by atoms with van der Waals surface area (Å²) in [7, 11) is 0. The Kier molecular flexibility index (Phi) is 5.41. The first kappa shape index (κ1) is 20.9. The quantitative estimate of drug-likeness (QED) is 0.599. The second kappa shape index (κ2) is 8.04. The molecular weight excluding hydrogens is 392 g/mol. The Balaban J connectivity index is 1.52. The summed E-state index contributed by atoms with van der Waals surface area (Å²) in [6, 6.07) is 18.7. The van der Waals surface area contributed by atoms with E-state index in [1.165, 1.54) is 0 Å². The number of aliphatic hydroxyl groups excluding tert-OH is 1. The van der Waals surface area contributed by atoms with Crippen LogP contribution < -0.4 is 10.1 Å². The maximum absolute atomic E-state index is 13.3. The van der Waals surface area contributed by atoms with Crippen molar-refractivity contribution in [1.82, 2.24) is 10.2 Å². The fraction of sp³-hybridized carbons (Fsp3) is 0.280. The highest BCUT2D eigenvalue weighted by Gasteiger charge is 2.50. The lowest BCUT2D eigenvalue weighted by Gasteiger charge is -2.24. The summed E-state index contributed by atoms with van der Waals surface area (Å²) in [6.07, 6.45) is -1.01. The molecule has 2 atom stereocenters. The molecule has 6 heteroatoms. The Bertz CT molecular complexity index is 1130. The molecule has 160 valence electrons. The molecule has 1 aliphatic rings. The first-order valence-electron chi connectivity index (χ1n) is 10.3. The van der Waals surface area contributed by atoms with Crippen molar-refractivity contribution < 1.29 is 19.4 Å². The molecule has 3 aromatic carbocycles. The number of nitrogens with zero attached hydrogens (tertiary/aromatic N) is 1. The van der Waals surface area contributed by atoms with Gasteiger partial charge in [0.1, 0.15) is 24.0 Å². The van der Waals surface area contributed by atoms with Gasteiger partial charge in [0.25, 0.3) is 5.91 Å². The lowest BCUT2D eigenvalue weighted by atomic mass is 9.88. The van der Waals surface area contributed by atoms with E-state index in [9.17, 15) is 14.7 Å². The largest absolute Gasteiger partial charge is 0.490 e. The summed E-state index contributed by atoms with van der Waals surface area (Å²) in [4.78, 5) is 27.0. The molecule has 31 heavy (non-hydrogen) atoms. The molecule has 0 bridgehead atoms. The minimum absolute atomic E-state index is 0.0201. The summed E-state index contributed by atoms with van der Waals surface area (Å²) in [5.74, 6) is 0.319. The number of ether oxygens (including phenoxy) is 1. The number of nitrogens with one attached hydrogen (secondary N) is 1. The van der Waals surface area contributed by atoms with Crippen LogP contribution in [0.15, 0.2) is 60.7 Å². The lowest BCUT2D eigenvalue weighted by molar-refractivity contribution is -0.132. The Morgan fingerprint density at radius 2 is 1.65 bits per heavy atom. The highest BCUT2D eigenvalue weighted by Crippen LogP contribution is 2.34. The molecule has 1 aliphatic heterocycles. The van der Waals surface area contributed by atoms with E-state index in [-0.39, 0.29) is 19.1 Å². The maximum Gasteiger partial charge on any atom is 0.325 e. The third-order valence-electron chi connectivity index (χ3n) is 5.83. The number of carbonyl (C=O) groups is 2. The van der Waals surface area contributed by atoms with Gasteiger partial charge in [-0.05, 0) is 48.2 Å². The van der Waals surface area contributed by atoms with Gasteiger partial charge in [-0.1, -0.05) is 60.7 Å². The van der Waals surface area contributed by atoms with Crippen molar-refractivity contribution >= 4 is 22.7 Å². The normalized spacial score (nSPS) is 19.5. The van der Waals surface area contributed by atoms with E-state index >= 15 is 0 Å². The summed E-state index contributed by atoms with van der Waals surface area (Å²) >= 11 is 0. The van der Waals surface area contributed by atoms with Crippen LogP contribution in [0.2, 0.25) is 0 Å². The van der Waals surface area contributed by atoms with Crippen LogP contribution >= 0.6 is 0 Å². The number of fused-ring (bicyclic) bond motifs is 1. The van der Waals surface area contributed by atoms with Crippen molar-refractivity contribution in [3.8, 4) is 5.75 Å². The van der Waals surface area contributed by atoms with E-state index in [1.807, 2.05) is 74.5 Å². The van der Waals surface area contributed by atoms with E-state index in [0.717, 1.165) is 32.4 Å². The van der Waals surface area contributed by atoms with Gasteiger partial charge in [0.05, 0.1) is 6.54 Å². The number of hydrogen-bond acceptors (Lipinski definition) is 4. The van der Waals surface area contributed by atoms with Gasteiger partial charge in [-0.2, -0.15) is 0 Å². The molecule has 0 aliphatic carbocycles. The highest BCUT2D eigenvalue weighted by atomic mass is 16.5. The van der Waals surface area contributed by atoms with Crippen molar-refractivity contribution in [1.29, 1.82) is 0 Å². The number of aryl methyl sites for hydroxylation is 2. The van der Waals surface area contributed by atoms with Crippen molar-refractivity contribution in [3.05, 3.63) is 77.4 Å². The minimum Gasteiger partial charge on any atom is -0.490 e. The molecule has 0 spiro atoms. The zero-order chi connectivity index (χ0) is 22.2. The first-order chi connectivity index (χ1) is 14.8. The first-order valence-corrected chi connectivity index (χ1v) is 10.3. The summed E-state index contributed by atoms with van der Waals surface area (Å²) in [5, 5.41) is 15.2. The molecule has 3 aromatic rings. The van der Waals surface area contributed by atoms with Crippen LogP contribution in [0.25, 0.3) is 10.8 Å². The highest BCUT2D eigenvalue weighted by molar-refractivity contribution is 6.09. The number of amides is 3. The van der Waals surface area contributed by atoms with Crippen LogP contribution in [0.3, 0.4) is 0 Å². The second-order valence-electron chi connectivity index (χ2n) is 8.18. The molecule has 0 unspecified atom stereocenters. The molecule has 0 radical (unpaired) electrons. The van der Waals surface area contributed by atoms with Gasteiger partial charge in [-0.15, -0.1) is 0 Å². The van der Waals surface area contributed by atoms with Gasteiger partial charge in [-0.3, -0.25) is 9.69 Å². The monoisotopic (exact) mass is 418 g/mol. The van der Waals surface area contributed by atoms with Crippen LogP contribution in [-0.2, 0) is 10.3 Å². The number of hydrogen-bond donors (Lipinski definition) is 2. The van der Waals surface area contributed by atoms with Crippen LogP contribution in [0, 0.1) is 13.8 Å². The predicted octanol–water partition coefficient (Wildman–Crippen LogP) is 3.66. The second-order valence-corrected chi connectivity index (χ2v) is 8.18. The lowest BCUT2D eigenvalue weighted by Crippen LogP contribution is -2.43. The summed E-state index contributed by atoms with van der Waals surface area (Å²) < 4.78 is 5.78. The van der Waals surface area contributed by atoms with E-state index in [2.05, 4.69) is 5.32 Å². The van der Waals surface area contributed by atoms with E-state index in [1.54, 1.807) is 6.92 Å². The Labute approximate surface area is 181 Å². The van der Waals surface area contributed by atoms with Gasteiger partial charge >= 0.3 is 6.03 Å². The Morgan fingerprint density at radius 3 is 2.39 bits per heavy atom. The topological polar surface area (TPSA) is 78.9 Å². The van der Waals surface area contributed by atoms with Crippen LogP contribution in [0.5, 0.6) is 5.75 Å². The Morgan fingerprint density at radius 1 is 1.00 bits per heavy atom. The number of carbonyl (C=O) groups excluding carboxylic acids is 2. The average molecular weight is 418 g/mol. The number of benzene rings is 3. The number of urea groups is 1. The summed E-state index contributed by atoms with van der Waals surface area (Å²) in [6.45, 7) is 5.40. The van der Waals surface area contributed by atoms with Crippen molar-refractivity contribution in [2.75, 3.05) is 13.2 Å². The molecule has 0 saturated carbocycles. The molecule has 1 saturated heterocycles. The van der Waals surface area contributed by atoms with Crippen molar-refractivity contribution in [3.63, 3.8) is 0 Å². The van der Waals surface area contributed by atoms with Gasteiger partial charge in [0.15, 0.2) is 0 Å². The van der Waals surface area contributed by atoms with Crippen molar-refractivity contribution in [2.45, 2.75) is 32.4 Å². The number of aliphatic hydroxyl groups is 1. The van der Waals surface area contributed by atoms with Gasteiger partial charge in [-0.25, -0.2) is 4.79 Å². The van der Waals surface area contributed by atoms with Gasteiger partial charge < -0.3 is 15.2 Å². The molecule has 3 amide bonds. The van der Waals surface area contributed by atoms with Crippen molar-refractivity contribution in [2.24, 2.45) is 0 Å². The third-order valence-corrected chi connectivity index (χ3v) is 5.83. The SMILES string of the molecule is Cc1cccc(C)c1OC[C@@H](O)CN1C(=O)N[C@@](C)(c2cccc3ccccc23)C1=O. The average Bonchev–Trinajstić information content (AvgIpc) is 2.96. The zero-order valence-electron chi connectivity index (χ0n) is 17.9. The Hall–Kier alpha value is -3.38. The van der Waals surface area contributed by atoms with E-state index in [0.29, 0.717) is 5.75 Å². The minimum atomic E-state index is -1.20. The van der Waals surface area contributed by atoms with Gasteiger partial charge in [0.2, 0.25) is 0 Å². The number of imide groups is 1. The fourth-order valence-corrected chi connectivity index (χ4v) is 4.18. The number of para-hydroxylation sites is 1. The third kappa shape index (κ3) is 3.75. The molecular formula is C25H26N2O4. The molecule has 4 rings (SSSR count). The zero-order valence-corrected chi connectivity index (χ0v) is 17.9. The van der Waals surface area contributed by atoms with E-state index < -0.39 is 17.7 Å².